The Kier molecular flexibility index (Phi) is 3.66. The van der Waals surface area contributed by atoms with Gasteiger partial charge >= 0.3 is 6.03 Å². The van der Waals surface area contributed by atoms with E-state index in [1.807, 2.05) is 41.3 Å². The van der Waals surface area contributed by atoms with Gasteiger partial charge in [0.25, 0.3) is 0 Å². The maximum absolute atomic E-state index is 12.4. The Morgan fingerprint density at radius 2 is 1.91 bits per heavy atom. The van der Waals surface area contributed by atoms with E-state index in [1.165, 1.54) is 11.1 Å². The van der Waals surface area contributed by atoms with Crippen molar-refractivity contribution >= 4 is 6.03 Å². The van der Waals surface area contributed by atoms with E-state index in [4.69, 9.17) is 4.74 Å². The minimum absolute atomic E-state index is 0.00431. The molecule has 2 atom stereocenters. The van der Waals surface area contributed by atoms with Crippen LogP contribution in [0.15, 0.2) is 54.6 Å². The molecule has 0 unspecified atom stereocenters. The lowest BCUT2D eigenvalue weighted by molar-refractivity contribution is 0.112. The highest BCUT2D eigenvalue weighted by molar-refractivity contribution is 5.75. The lowest BCUT2D eigenvalue weighted by atomic mass is 9.95. The van der Waals surface area contributed by atoms with Crippen LogP contribution in [-0.2, 0) is 6.42 Å². The molecule has 1 saturated heterocycles. The predicted octanol–water partition coefficient (Wildman–Crippen LogP) is 3.15. The van der Waals surface area contributed by atoms with Crippen molar-refractivity contribution in [2.45, 2.75) is 25.0 Å². The van der Waals surface area contributed by atoms with Crippen molar-refractivity contribution in [3.63, 3.8) is 0 Å². The van der Waals surface area contributed by atoms with Crippen molar-refractivity contribution in [3.8, 4) is 5.75 Å². The van der Waals surface area contributed by atoms with Crippen LogP contribution in [0.1, 0.15) is 23.6 Å². The average Bonchev–Trinajstić information content (AvgIpc) is 2.96. The Balaban J connectivity index is 1.31. The molecule has 0 radical (unpaired) electrons. The average molecular weight is 308 g/mol. The van der Waals surface area contributed by atoms with Crippen LogP contribution in [0.25, 0.3) is 0 Å². The Hall–Kier alpha value is -2.49. The number of benzene rings is 2. The number of carbonyl (C=O) groups is 1. The highest BCUT2D eigenvalue weighted by Crippen LogP contribution is 2.33. The summed E-state index contributed by atoms with van der Waals surface area (Å²) in [5.74, 6) is 0.942. The number of nitrogens with one attached hydrogen (secondary N) is 1. The molecule has 2 aromatic carbocycles. The fourth-order valence-electron chi connectivity index (χ4n) is 3.32. The number of amides is 2. The first-order valence-electron chi connectivity index (χ1n) is 8.15. The molecular formula is C19H20N2O2. The summed E-state index contributed by atoms with van der Waals surface area (Å²) in [7, 11) is 0. The largest absolute Gasteiger partial charge is 0.488 e. The monoisotopic (exact) mass is 308 g/mol. The van der Waals surface area contributed by atoms with Crippen LogP contribution in [-0.4, -0.2) is 30.1 Å². The van der Waals surface area contributed by atoms with Crippen LogP contribution < -0.4 is 10.1 Å². The Morgan fingerprint density at radius 1 is 1.13 bits per heavy atom. The molecule has 1 N–H and O–H groups in total. The topological polar surface area (TPSA) is 41.6 Å². The standard InChI is InChI=1S/C19H20N2O2/c22-19(21-11-10-17(21)14-6-2-1-3-7-14)20-13-16-12-15-8-4-5-9-18(15)23-16/h1-9,16-17H,10-13H2,(H,20,22)/t16-,17+/m0/s1. The van der Waals surface area contributed by atoms with Crippen molar-refractivity contribution in [1.82, 2.24) is 10.2 Å². The third-order valence-corrected chi connectivity index (χ3v) is 4.66. The molecule has 0 saturated carbocycles. The van der Waals surface area contributed by atoms with Crippen LogP contribution in [0.4, 0.5) is 4.79 Å². The van der Waals surface area contributed by atoms with Gasteiger partial charge in [-0.2, -0.15) is 0 Å². The zero-order chi connectivity index (χ0) is 15.6. The molecule has 2 amide bonds. The number of hydrogen-bond donors (Lipinski definition) is 1. The number of carbonyl (C=O) groups excluding carboxylic acids is 1. The minimum Gasteiger partial charge on any atom is -0.488 e. The van der Waals surface area contributed by atoms with Crippen molar-refractivity contribution in [2.75, 3.05) is 13.1 Å². The second kappa shape index (κ2) is 5.95. The van der Waals surface area contributed by atoms with E-state index in [1.54, 1.807) is 0 Å². The van der Waals surface area contributed by atoms with Gasteiger partial charge in [0.2, 0.25) is 0 Å². The van der Waals surface area contributed by atoms with Gasteiger partial charge in [-0.1, -0.05) is 48.5 Å². The molecule has 2 aliphatic rings. The highest BCUT2D eigenvalue weighted by Gasteiger charge is 2.33. The number of hydrogen-bond acceptors (Lipinski definition) is 2. The highest BCUT2D eigenvalue weighted by atomic mass is 16.5. The van der Waals surface area contributed by atoms with E-state index in [0.29, 0.717) is 6.54 Å². The van der Waals surface area contributed by atoms with E-state index in [-0.39, 0.29) is 18.2 Å². The van der Waals surface area contributed by atoms with Gasteiger partial charge in [-0.25, -0.2) is 4.79 Å². The zero-order valence-electron chi connectivity index (χ0n) is 12.9. The summed E-state index contributed by atoms with van der Waals surface area (Å²) in [5, 5.41) is 3.02. The van der Waals surface area contributed by atoms with E-state index >= 15 is 0 Å². The van der Waals surface area contributed by atoms with Crippen LogP contribution in [0, 0.1) is 0 Å². The van der Waals surface area contributed by atoms with Gasteiger partial charge in [-0.3, -0.25) is 0 Å². The number of nitrogens with zero attached hydrogens (tertiary/aromatic N) is 1. The molecule has 2 heterocycles. The number of urea groups is 1. The summed E-state index contributed by atoms with van der Waals surface area (Å²) in [4.78, 5) is 14.3. The van der Waals surface area contributed by atoms with E-state index in [0.717, 1.165) is 25.1 Å². The molecule has 2 aromatic rings. The van der Waals surface area contributed by atoms with Crippen molar-refractivity contribution in [3.05, 3.63) is 65.7 Å². The SMILES string of the molecule is O=C(NC[C@@H]1Cc2ccccc2O1)N1CC[C@@H]1c1ccccc1. The van der Waals surface area contributed by atoms with E-state index in [2.05, 4.69) is 23.5 Å². The lowest BCUT2D eigenvalue weighted by Crippen LogP contribution is -2.51. The fourth-order valence-corrected chi connectivity index (χ4v) is 3.32. The van der Waals surface area contributed by atoms with Crippen molar-refractivity contribution < 1.29 is 9.53 Å². The first kappa shape index (κ1) is 14.1. The third-order valence-electron chi connectivity index (χ3n) is 4.66. The maximum atomic E-state index is 12.4. The fraction of sp³-hybridized carbons (Fsp3) is 0.316. The van der Waals surface area contributed by atoms with Crippen molar-refractivity contribution in [2.24, 2.45) is 0 Å². The van der Waals surface area contributed by atoms with Gasteiger partial charge in [-0.15, -0.1) is 0 Å². The van der Waals surface area contributed by atoms with Gasteiger partial charge in [-0.05, 0) is 23.6 Å². The zero-order valence-corrected chi connectivity index (χ0v) is 12.9. The number of rotatable bonds is 3. The number of para-hydroxylation sites is 1. The summed E-state index contributed by atoms with van der Waals surface area (Å²) in [6.45, 7) is 1.36. The normalized spacial score (nSPS) is 22.0. The second-order valence-corrected chi connectivity index (χ2v) is 6.15. The molecule has 1 fully saturated rings. The molecule has 4 nitrogen and oxygen atoms in total. The minimum atomic E-state index is 0.00431. The molecular weight excluding hydrogens is 288 g/mol. The van der Waals surface area contributed by atoms with Crippen molar-refractivity contribution in [1.29, 1.82) is 0 Å². The molecule has 4 heteroatoms. The lowest BCUT2D eigenvalue weighted by Gasteiger charge is -2.41. The summed E-state index contributed by atoms with van der Waals surface area (Å²) >= 11 is 0. The maximum Gasteiger partial charge on any atom is 0.318 e. The van der Waals surface area contributed by atoms with Crippen LogP contribution in [0.5, 0.6) is 5.75 Å². The molecule has 0 spiro atoms. The molecule has 0 bridgehead atoms. The number of likely N-dealkylation sites (tertiary alicyclic amines) is 1. The molecule has 0 aliphatic carbocycles. The van der Waals surface area contributed by atoms with Gasteiger partial charge < -0.3 is 15.0 Å². The first-order chi connectivity index (χ1) is 11.3. The van der Waals surface area contributed by atoms with Gasteiger partial charge in [0.15, 0.2) is 0 Å². The second-order valence-electron chi connectivity index (χ2n) is 6.15. The van der Waals surface area contributed by atoms with Gasteiger partial charge in [0.05, 0.1) is 12.6 Å². The Bertz CT molecular complexity index is 677. The molecule has 118 valence electrons. The predicted molar refractivity (Wildman–Crippen MR) is 88.5 cm³/mol. The Morgan fingerprint density at radius 3 is 2.65 bits per heavy atom. The van der Waals surface area contributed by atoms with Crippen LogP contribution >= 0.6 is 0 Å². The third kappa shape index (κ3) is 2.77. The van der Waals surface area contributed by atoms with Gasteiger partial charge in [0, 0.05) is 13.0 Å². The van der Waals surface area contributed by atoms with Crippen LogP contribution in [0.3, 0.4) is 0 Å². The molecule has 0 aromatic heterocycles. The summed E-state index contributed by atoms with van der Waals surface area (Å²) in [6.07, 6.45) is 1.93. The quantitative estimate of drug-likeness (QED) is 0.946. The summed E-state index contributed by atoms with van der Waals surface area (Å²) in [5.41, 5.74) is 2.43. The summed E-state index contributed by atoms with van der Waals surface area (Å²) in [6, 6.07) is 18.5. The van der Waals surface area contributed by atoms with E-state index in [9.17, 15) is 4.79 Å². The van der Waals surface area contributed by atoms with E-state index < -0.39 is 0 Å². The smallest absolute Gasteiger partial charge is 0.318 e. The van der Waals surface area contributed by atoms with Crippen LogP contribution in [0.2, 0.25) is 0 Å². The number of fused-ring (bicyclic) bond motifs is 1. The Labute approximate surface area is 136 Å². The molecule has 2 aliphatic heterocycles. The van der Waals surface area contributed by atoms with Gasteiger partial charge in [0.1, 0.15) is 11.9 Å². The number of ether oxygens (including phenoxy) is 1. The first-order valence-corrected chi connectivity index (χ1v) is 8.15. The summed E-state index contributed by atoms with van der Waals surface area (Å²) < 4.78 is 5.87. The molecule has 4 rings (SSSR count). The molecule has 23 heavy (non-hydrogen) atoms.